The number of hydrogen-bond acceptors (Lipinski definition) is 3. The molecule has 1 aliphatic rings. The normalized spacial score (nSPS) is 22.4. The summed E-state index contributed by atoms with van der Waals surface area (Å²) in [5.41, 5.74) is 2.13. The Kier molecular flexibility index (Phi) is 4.39. The molecule has 1 saturated heterocycles. The summed E-state index contributed by atoms with van der Waals surface area (Å²) in [6.07, 6.45) is 0. The van der Waals surface area contributed by atoms with Crippen LogP contribution in [0.4, 0.5) is 4.39 Å². The number of nitriles is 1. The van der Waals surface area contributed by atoms with Crippen molar-refractivity contribution in [1.29, 1.82) is 5.26 Å². The molecule has 2 aromatic rings. The van der Waals surface area contributed by atoms with E-state index < -0.39 is 0 Å². The van der Waals surface area contributed by atoms with Crippen molar-refractivity contribution in [1.82, 2.24) is 5.32 Å². The standard InChI is InChI=1S/C19H15FN2O/c20-16-4-2-1-3-14(16)8-5-13-6-9-15(10-7-13)19-17(11-21)22-18(19)12-23/h1-4,6-7,9-10,17-19,22-23H,12H2/t17-,18+,19+/m1/s1. The van der Waals surface area contributed by atoms with Gasteiger partial charge in [-0.3, -0.25) is 5.32 Å². The highest BCUT2D eigenvalue weighted by Crippen LogP contribution is 2.31. The number of benzene rings is 2. The molecule has 1 fully saturated rings. The van der Waals surface area contributed by atoms with Crippen molar-refractivity contribution in [2.24, 2.45) is 0 Å². The van der Waals surface area contributed by atoms with Crippen molar-refractivity contribution in [3.8, 4) is 17.9 Å². The van der Waals surface area contributed by atoms with Crippen LogP contribution >= 0.6 is 0 Å². The minimum Gasteiger partial charge on any atom is -0.395 e. The fourth-order valence-electron chi connectivity index (χ4n) is 2.75. The zero-order valence-electron chi connectivity index (χ0n) is 12.3. The lowest BCUT2D eigenvalue weighted by Crippen LogP contribution is -2.60. The summed E-state index contributed by atoms with van der Waals surface area (Å²) in [7, 11) is 0. The molecule has 3 rings (SSSR count). The second kappa shape index (κ2) is 6.62. The first-order chi connectivity index (χ1) is 11.2. The van der Waals surface area contributed by atoms with Gasteiger partial charge < -0.3 is 5.11 Å². The van der Waals surface area contributed by atoms with Gasteiger partial charge in [0, 0.05) is 17.5 Å². The topological polar surface area (TPSA) is 56.0 Å². The maximum Gasteiger partial charge on any atom is 0.138 e. The molecule has 0 saturated carbocycles. The Morgan fingerprint density at radius 2 is 1.83 bits per heavy atom. The van der Waals surface area contributed by atoms with Gasteiger partial charge >= 0.3 is 0 Å². The lowest BCUT2D eigenvalue weighted by Gasteiger charge is -2.41. The molecule has 0 aliphatic carbocycles. The van der Waals surface area contributed by atoms with Gasteiger partial charge in [0.25, 0.3) is 0 Å². The van der Waals surface area contributed by atoms with Gasteiger partial charge in [-0.05, 0) is 29.8 Å². The zero-order valence-corrected chi connectivity index (χ0v) is 12.3. The number of halogens is 1. The maximum atomic E-state index is 13.5. The quantitative estimate of drug-likeness (QED) is 0.836. The average Bonchev–Trinajstić information content (AvgIpc) is 2.55. The first-order valence-electron chi connectivity index (χ1n) is 7.36. The van der Waals surface area contributed by atoms with Crippen molar-refractivity contribution >= 4 is 0 Å². The summed E-state index contributed by atoms with van der Waals surface area (Å²) in [6.45, 7) is -0.00229. The van der Waals surface area contributed by atoms with E-state index in [2.05, 4.69) is 23.2 Å². The molecule has 3 nitrogen and oxygen atoms in total. The van der Waals surface area contributed by atoms with Crippen LogP contribution in [0.15, 0.2) is 48.5 Å². The summed E-state index contributed by atoms with van der Waals surface area (Å²) in [5.74, 6) is 5.40. The van der Waals surface area contributed by atoms with Crippen LogP contribution in [0.1, 0.15) is 22.6 Å². The molecule has 114 valence electrons. The lowest BCUT2D eigenvalue weighted by molar-refractivity contribution is 0.151. The van der Waals surface area contributed by atoms with Gasteiger partial charge in [-0.15, -0.1) is 0 Å². The molecule has 3 atom stereocenters. The summed E-state index contributed by atoms with van der Waals surface area (Å²) in [6, 6.07) is 15.7. The number of nitrogens with one attached hydrogen (secondary N) is 1. The van der Waals surface area contributed by atoms with Crippen LogP contribution in [-0.4, -0.2) is 23.8 Å². The van der Waals surface area contributed by atoms with Crippen molar-refractivity contribution in [2.75, 3.05) is 6.61 Å². The molecule has 0 aromatic heterocycles. The first kappa shape index (κ1) is 15.2. The van der Waals surface area contributed by atoms with Gasteiger partial charge in [0.15, 0.2) is 0 Å². The molecule has 0 radical (unpaired) electrons. The Morgan fingerprint density at radius 3 is 2.48 bits per heavy atom. The van der Waals surface area contributed by atoms with Crippen LogP contribution in [0.5, 0.6) is 0 Å². The van der Waals surface area contributed by atoms with Gasteiger partial charge in [0.2, 0.25) is 0 Å². The van der Waals surface area contributed by atoms with E-state index in [4.69, 9.17) is 5.26 Å². The molecule has 4 heteroatoms. The van der Waals surface area contributed by atoms with Gasteiger partial charge in [0.1, 0.15) is 11.9 Å². The summed E-state index contributed by atoms with van der Waals surface area (Å²) < 4.78 is 13.5. The average molecular weight is 306 g/mol. The first-order valence-corrected chi connectivity index (χ1v) is 7.36. The fourth-order valence-corrected chi connectivity index (χ4v) is 2.75. The smallest absolute Gasteiger partial charge is 0.138 e. The largest absolute Gasteiger partial charge is 0.395 e. The predicted molar refractivity (Wildman–Crippen MR) is 85.0 cm³/mol. The molecular weight excluding hydrogens is 291 g/mol. The van der Waals surface area contributed by atoms with E-state index in [1.165, 1.54) is 6.07 Å². The third kappa shape index (κ3) is 3.10. The summed E-state index contributed by atoms with van der Waals surface area (Å²) in [4.78, 5) is 0. The maximum absolute atomic E-state index is 13.5. The minimum atomic E-state index is -0.334. The molecule has 2 aromatic carbocycles. The molecular formula is C19H15FN2O. The van der Waals surface area contributed by atoms with E-state index in [0.29, 0.717) is 5.56 Å². The third-order valence-electron chi connectivity index (χ3n) is 4.03. The van der Waals surface area contributed by atoms with Gasteiger partial charge in [-0.25, -0.2) is 4.39 Å². The zero-order chi connectivity index (χ0) is 16.2. The highest BCUT2D eigenvalue weighted by Gasteiger charge is 2.40. The third-order valence-corrected chi connectivity index (χ3v) is 4.03. The van der Waals surface area contributed by atoms with E-state index in [-0.39, 0.29) is 30.4 Å². The number of nitrogens with zero attached hydrogens (tertiary/aromatic N) is 1. The minimum absolute atomic E-state index is 0.00229. The van der Waals surface area contributed by atoms with E-state index in [1.54, 1.807) is 18.2 Å². The molecule has 1 aliphatic heterocycles. The van der Waals surface area contributed by atoms with Crippen molar-refractivity contribution < 1.29 is 9.50 Å². The Bertz CT molecular complexity index is 799. The van der Waals surface area contributed by atoms with Gasteiger partial charge in [-0.2, -0.15) is 5.26 Å². The monoisotopic (exact) mass is 306 g/mol. The second-order valence-electron chi connectivity index (χ2n) is 5.44. The van der Waals surface area contributed by atoms with Crippen LogP contribution in [-0.2, 0) is 0 Å². The Labute approximate surface area is 134 Å². The number of aliphatic hydroxyl groups excluding tert-OH is 1. The van der Waals surface area contributed by atoms with Crippen LogP contribution < -0.4 is 5.32 Å². The molecule has 0 unspecified atom stereocenters. The van der Waals surface area contributed by atoms with Crippen molar-refractivity contribution in [3.63, 3.8) is 0 Å². The predicted octanol–water partition coefficient (Wildman–Crippen LogP) is 2.17. The molecule has 0 bridgehead atoms. The second-order valence-corrected chi connectivity index (χ2v) is 5.44. The van der Waals surface area contributed by atoms with Crippen molar-refractivity contribution in [2.45, 2.75) is 18.0 Å². The summed E-state index contributed by atoms with van der Waals surface area (Å²) in [5, 5.41) is 21.4. The SMILES string of the molecule is N#C[C@H]1N[C@@H](CO)[C@H]1c1ccc(C#Cc2ccccc2F)cc1. The van der Waals surface area contributed by atoms with Gasteiger partial charge in [0.05, 0.1) is 18.2 Å². The van der Waals surface area contributed by atoms with E-state index in [9.17, 15) is 9.50 Å². The van der Waals surface area contributed by atoms with Crippen LogP contribution in [0, 0.1) is 29.0 Å². The number of rotatable bonds is 2. The Balaban J connectivity index is 1.78. The molecule has 0 amide bonds. The van der Waals surface area contributed by atoms with Crippen LogP contribution in [0.3, 0.4) is 0 Å². The van der Waals surface area contributed by atoms with Crippen LogP contribution in [0.25, 0.3) is 0 Å². The van der Waals surface area contributed by atoms with E-state index in [0.717, 1.165) is 11.1 Å². The molecule has 23 heavy (non-hydrogen) atoms. The number of aliphatic hydroxyl groups is 1. The molecule has 1 heterocycles. The number of hydrogen-bond donors (Lipinski definition) is 2. The highest BCUT2D eigenvalue weighted by atomic mass is 19.1. The van der Waals surface area contributed by atoms with E-state index >= 15 is 0 Å². The molecule has 0 spiro atoms. The summed E-state index contributed by atoms with van der Waals surface area (Å²) >= 11 is 0. The fraction of sp³-hybridized carbons (Fsp3) is 0.211. The van der Waals surface area contributed by atoms with E-state index in [1.807, 2.05) is 24.3 Å². The van der Waals surface area contributed by atoms with Crippen molar-refractivity contribution in [3.05, 3.63) is 71.0 Å². The Morgan fingerprint density at radius 1 is 1.09 bits per heavy atom. The molecule has 2 N–H and O–H groups in total. The van der Waals surface area contributed by atoms with Gasteiger partial charge in [-0.1, -0.05) is 36.1 Å². The highest BCUT2D eigenvalue weighted by molar-refractivity contribution is 5.45. The lowest BCUT2D eigenvalue weighted by atomic mass is 9.78. The van der Waals surface area contributed by atoms with Crippen LogP contribution in [0.2, 0.25) is 0 Å². The Hall–Kier alpha value is -2.66.